The third-order valence-corrected chi connectivity index (χ3v) is 5.02. The van der Waals surface area contributed by atoms with E-state index in [1.807, 2.05) is 48.7 Å². The highest BCUT2D eigenvalue weighted by atomic mass is 19.4. The highest BCUT2D eigenvalue weighted by molar-refractivity contribution is 5.99. The van der Waals surface area contributed by atoms with Gasteiger partial charge in [0.2, 0.25) is 5.78 Å². The van der Waals surface area contributed by atoms with Gasteiger partial charge in [0.15, 0.2) is 6.61 Å². The van der Waals surface area contributed by atoms with E-state index >= 15 is 0 Å². The highest BCUT2D eigenvalue weighted by Crippen LogP contribution is 2.29. The van der Waals surface area contributed by atoms with Crippen LogP contribution in [0.3, 0.4) is 0 Å². The molecule has 0 saturated heterocycles. The molecule has 0 fully saturated rings. The minimum atomic E-state index is -4.49. The van der Waals surface area contributed by atoms with E-state index in [9.17, 15) is 22.8 Å². The first-order chi connectivity index (χ1) is 14.6. The van der Waals surface area contributed by atoms with E-state index in [1.165, 1.54) is 12.1 Å². The molecule has 162 valence electrons. The number of Topliss-reactive ketones (excluding diaryl/α,β-unsaturated/α-hetero) is 1. The van der Waals surface area contributed by atoms with E-state index in [0.717, 1.165) is 29.1 Å². The summed E-state index contributed by atoms with van der Waals surface area (Å²) in [6.45, 7) is 3.87. The van der Waals surface area contributed by atoms with Gasteiger partial charge in [-0.15, -0.1) is 0 Å². The second-order valence-corrected chi connectivity index (χ2v) is 7.32. The number of ether oxygens (including phenoxy) is 1. The number of carbonyl (C=O) groups is 2. The normalized spacial score (nSPS) is 11.4. The molecule has 2 aromatic carbocycles. The van der Waals surface area contributed by atoms with Gasteiger partial charge in [-0.1, -0.05) is 48.5 Å². The van der Waals surface area contributed by atoms with Crippen LogP contribution in [0.5, 0.6) is 0 Å². The van der Waals surface area contributed by atoms with Crippen molar-refractivity contribution < 1.29 is 27.5 Å². The number of aryl methyl sites for hydroxylation is 1. The van der Waals surface area contributed by atoms with Crippen molar-refractivity contribution in [1.82, 2.24) is 4.57 Å². The number of alkyl halides is 3. The van der Waals surface area contributed by atoms with Crippen LogP contribution in [0.15, 0.2) is 60.7 Å². The zero-order valence-corrected chi connectivity index (χ0v) is 17.2. The van der Waals surface area contributed by atoms with E-state index in [-0.39, 0.29) is 17.8 Å². The smallest absolute Gasteiger partial charge is 0.416 e. The maximum atomic E-state index is 12.8. The van der Waals surface area contributed by atoms with Gasteiger partial charge in [-0.05, 0) is 37.1 Å². The minimum Gasteiger partial charge on any atom is -0.457 e. The topological polar surface area (TPSA) is 48.3 Å². The summed E-state index contributed by atoms with van der Waals surface area (Å²) in [5, 5.41) is 0. The van der Waals surface area contributed by atoms with Crippen LogP contribution in [0.25, 0.3) is 0 Å². The third kappa shape index (κ3) is 5.63. The molecule has 31 heavy (non-hydrogen) atoms. The predicted octanol–water partition coefficient (Wildman–Crippen LogP) is 5.14. The Morgan fingerprint density at radius 2 is 1.61 bits per heavy atom. The summed E-state index contributed by atoms with van der Waals surface area (Å²) in [6.07, 6.45) is -4.83. The Hall–Kier alpha value is -3.35. The number of nitrogens with zero attached hydrogens (tertiary/aromatic N) is 1. The molecule has 0 saturated carbocycles. The number of hydrogen-bond acceptors (Lipinski definition) is 3. The molecule has 1 heterocycles. The first-order valence-electron chi connectivity index (χ1n) is 9.71. The molecule has 3 aromatic rings. The van der Waals surface area contributed by atoms with Crippen LogP contribution < -0.4 is 0 Å². The first-order valence-corrected chi connectivity index (χ1v) is 9.71. The molecule has 0 radical (unpaired) electrons. The largest absolute Gasteiger partial charge is 0.457 e. The lowest BCUT2D eigenvalue weighted by molar-refractivity contribution is -0.142. The first kappa shape index (κ1) is 22.3. The Labute approximate surface area is 178 Å². The standard InChI is InChI=1S/C24H22F3NO3/c1-16-11-21(17(2)28(16)14-18-7-4-3-5-8-18)22(29)15-31-23(30)13-19-9-6-10-20(12-19)24(25,26)27/h3-12H,13-15H2,1-2H3. The van der Waals surface area contributed by atoms with E-state index in [4.69, 9.17) is 4.74 Å². The van der Waals surface area contributed by atoms with E-state index < -0.39 is 24.3 Å². The Balaban J connectivity index is 1.62. The molecule has 4 nitrogen and oxygen atoms in total. The van der Waals surface area contributed by atoms with Crippen molar-refractivity contribution in [2.24, 2.45) is 0 Å². The Kier molecular flexibility index (Phi) is 6.63. The van der Waals surface area contributed by atoms with Gasteiger partial charge in [0, 0.05) is 23.5 Å². The van der Waals surface area contributed by atoms with Crippen molar-refractivity contribution in [1.29, 1.82) is 0 Å². The second kappa shape index (κ2) is 9.20. The zero-order valence-electron chi connectivity index (χ0n) is 17.2. The fourth-order valence-corrected chi connectivity index (χ4v) is 3.39. The van der Waals surface area contributed by atoms with Crippen LogP contribution in [0.1, 0.15) is 38.4 Å². The molecule has 0 bridgehead atoms. The van der Waals surface area contributed by atoms with E-state index in [0.29, 0.717) is 12.1 Å². The summed E-state index contributed by atoms with van der Waals surface area (Å²) >= 11 is 0. The van der Waals surface area contributed by atoms with E-state index in [1.54, 1.807) is 6.07 Å². The number of rotatable bonds is 7. The molecule has 0 N–H and O–H groups in total. The second-order valence-electron chi connectivity index (χ2n) is 7.32. The number of hydrogen-bond donors (Lipinski definition) is 0. The number of aromatic nitrogens is 1. The average Bonchev–Trinajstić information content (AvgIpc) is 3.01. The van der Waals surface area contributed by atoms with Gasteiger partial charge < -0.3 is 9.30 Å². The quantitative estimate of drug-likeness (QED) is 0.386. The third-order valence-electron chi connectivity index (χ3n) is 5.02. The molecule has 0 aliphatic carbocycles. The lowest BCUT2D eigenvalue weighted by atomic mass is 10.1. The SMILES string of the molecule is Cc1cc(C(=O)COC(=O)Cc2cccc(C(F)(F)F)c2)c(C)n1Cc1ccccc1. The number of carbonyl (C=O) groups excluding carboxylic acids is 2. The molecule has 0 atom stereocenters. The van der Waals surface area contributed by atoms with Crippen molar-refractivity contribution in [3.8, 4) is 0 Å². The van der Waals surface area contributed by atoms with Gasteiger partial charge in [0.25, 0.3) is 0 Å². The van der Waals surface area contributed by atoms with Gasteiger partial charge in [-0.2, -0.15) is 13.2 Å². The summed E-state index contributed by atoms with van der Waals surface area (Å²) in [7, 11) is 0. The Bertz CT molecular complexity index is 1090. The molecule has 3 rings (SSSR count). The number of halogens is 3. The Morgan fingerprint density at radius 1 is 0.935 bits per heavy atom. The summed E-state index contributed by atoms with van der Waals surface area (Å²) < 4.78 is 45.4. The van der Waals surface area contributed by atoms with Gasteiger partial charge in [0.1, 0.15) is 0 Å². The van der Waals surface area contributed by atoms with Crippen LogP contribution in [0.4, 0.5) is 13.2 Å². The summed E-state index contributed by atoms with van der Waals surface area (Å²) in [5.41, 5.74) is 2.56. The zero-order chi connectivity index (χ0) is 22.6. The minimum absolute atomic E-state index is 0.174. The fourth-order valence-electron chi connectivity index (χ4n) is 3.39. The molecule has 1 aromatic heterocycles. The molecule has 0 amide bonds. The average molecular weight is 429 g/mol. The van der Waals surface area contributed by atoms with Crippen LogP contribution in [0, 0.1) is 13.8 Å². The maximum absolute atomic E-state index is 12.8. The van der Waals surface area contributed by atoms with Crippen LogP contribution in [0.2, 0.25) is 0 Å². The van der Waals surface area contributed by atoms with Crippen molar-refractivity contribution in [2.45, 2.75) is 33.0 Å². The lowest BCUT2D eigenvalue weighted by Gasteiger charge is -2.10. The van der Waals surface area contributed by atoms with Crippen molar-refractivity contribution in [3.63, 3.8) is 0 Å². The fraction of sp³-hybridized carbons (Fsp3) is 0.250. The van der Waals surface area contributed by atoms with Gasteiger partial charge in [-0.25, -0.2) is 0 Å². The van der Waals surface area contributed by atoms with Gasteiger partial charge in [0.05, 0.1) is 12.0 Å². The molecule has 7 heteroatoms. The van der Waals surface area contributed by atoms with Crippen molar-refractivity contribution in [2.75, 3.05) is 6.61 Å². The number of esters is 1. The molecule has 0 aliphatic heterocycles. The molecule has 0 unspecified atom stereocenters. The highest BCUT2D eigenvalue weighted by Gasteiger charge is 2.30. The van der Waals surface area contributed by atoms with Crippen LogP contribution in [-0.4, -0.2) is 22.9 Å². The number of ketones is 1. The van der Waals surface area contributed by atoms with Crippen molar-refractivity contribution >= 4 is 11.8 Å². The maximum Gasteiger partial charge on any atom is 0.416 e. The molecule has 0 aliphatic rings. The molecule has 0 spiro atoms. The van der Waals surface area contributed by atoms with E-state index in [2.05, 4.69) is 0 Å². The number of benzene rings is 2. The molecular formula is C24H22F3NO3. The summed E-state index contributed by atoms with van der Waals surface area (Å²) in [6, 6.07) is 16.0. The van der Waals surface area contributed by atoms with Crippen LogP contribution in [-0.2, 0) is 28.7 Å². The van der Waals surface area contributed by atoms with Crippen molar-refractivity contribution in [3.05, 3.63) is 94.3 Å². The lowest BCUT2D eigenvalue weighted by Crippen LogP contribution is -2.16. The predicted molar refractivity (Wildman–Crippen MR) is 110 cm³/mol. The van der Waals surface area contributed by atoms with Crippen LogP contribution >= 0.6 is 0 Å². The monoisotopic (exact) mass is 429 g/mol. The Morgan fingerprint density at radius 3 is 2.29 bits per heavy atom. The molecular weight excluding hydrogens is 407 g/mol. The summed E-state index contributed by atoms with van der Waals surface area (Å²) in [4.78, 5) is 24.6. The van der Waals surface area contributed by atoms with Gasteiger partial charge >= 0.3 is 12.1 Å². The van der Waals surface area contributed by atoms with Gasteiger partial charge in [-0.3, -0.25) is 9.59 Å². The summed E-state index contributed by atoms with van der Waals surface area (Å²) in [5.74, 6) is -1.12.